The van der Waals surface area contributed by atoms with E-state index in [1.54, 1.807) is 7.11 Å². The van der Waals surface area contributed by atoms with Gasteiger partial charge in [0.1, 0.15) is 5.75 Å². The van der Waals surface area contributed by atoms with Gasteiger partial charge < -0.3 is 9.84 Å². The van der Waals surface area contributed by atoms with Crippen molar-refractivity contribution >= 4 is 24.3 Å². The van der Waals surface area contributed by atoms with Gasteiger partial charge in [0.05, 0.1) is 13.7 Å². The van der Waals surface area contributed by atoms with Gasteiger partial charge in [-0.15, -0.1) is 0 Å². The number of ether oxygens (including phenoxy) is 1. The van der Waals surface area contributed by atoms with E-state index in [0.717, 1.165) is 33.6 Å². The zero-order valence-electron chi connectivity index (χ0n) is 18.1. The number of para-hydroxylation sites is 1. The van der Waals surface area contributed by atoms with Crippen LogP contribution in [0.15, 0.2) is 97.1 Å². The van der Waals surface area contributed by atoms with Crippen LogP contribution in [0, 0.1) is 0 Å². The van der Waals surface area contributed by atoms with E-state index in [0.29, 0.717) is 0 Å². The summed E-state index contributed by atoms with van der Waals surface area (Å²) in [7, 11) is 1.69. The average Bonchev–Trinajstić information content (AvgIpc) is 2.87. The molecule has 0 saturated carbocycles. The molecule has 4 aromatic carbocycles. The van der Waals surface area contributed by atoms with Crippen LogP contribution in [0.4, 0.5) is 0 Å². The highest BCUT2D eigenvalue weighted by atomic mass is 16.5. The van der Waals surface area contributed by atoms with Crippen molar-refractivity contribution < 1.29 is 9.84 Å². The van der Waals surface area contributed by atoms with E-state index in [-0.39, 0.29) is 6.61 Å². The van der Waals surface area contributed by atoms with Crippen molar-refractivity contribution in [3.05, 3.63) is 125 Å². The molecule has 1 N–H and O–H groups in total. The molecular formula is C30H26O2. The van der Waals surface area contributed by atoms with Crippen molar-refractivity contribution in [3.8, 4) is 16.9 Å². The summed E-state index contributed by atoms with van der Waals surface area (Å²) in [5.74, 6) is 0.870. The van der Waals surface area contributed by atoms with E-state index < -0.39 is 0 Å². The lowest BCUT2D eigenvalue weighted by molar-refractivity contribution is 0.281. The fourth-order valence-corrected chi connectivity index (χ4v) is 3.59. The molecule has 4 rings (SSSR count). The van der Waals surface area contributed by atoms with Crippen LogP contribution < -0.4 is 4.74 Å². The molecule has 0 bridgehead atoms. The second-order valence-electron chi connectivity index (χ2n) is 7.51. The Morgan fingerprint density at radius 2 is 1.09 bits per heavy atom. The van der Waals surface area contributed by atoms with Gasteiger partial charge in [-0.3, -0.25) is 0 Å². The molecule has 0 atom stereocenters. The molecule has 0 spiro atoms. The Morgan fingerprint density at radius 3 is 1.66 bits per heavy atom. The van der Waals surface area contributed by atoms with Crippen molar-refractivity contribution in [2.45, 2.75) is 6.61 Å². The minimum Gasteiger partial charge on any atom is -0.496 e. The van der Waals surface area contributed by atoms with Crippen molar-refractivity contribution in [1.29, 1.82) is 0 Å². The molecule has 4 aromatic rings. The lowest BCUT2D eigenvalue weighted by Crippen LogP contribution is -1.86. The molecule has 0 fully saturated rings. The van der Waals surface area contributed by atoms with Gasteiger partial charge >= 0.3 is 0 Å². The fraction of sp³-hybridized carbons (Fsp3) is 0.0667. The van der Waals surface area contributed by atoms with E-state index in [9.17, 15) is 5.11 Å². The van der Waals surface area contributed by atoms with Gasteiger partial charge in [-0.2, -0.15) is 0 Å². The molecule has 158 valence electrons. The molecule has 0 aromatic heterocycles. The Balaban J connectivity index is 1.45. The summed E-state index contributed by atoms with van der Waals surface area (Å²) in [4.78, 5) is 0. The third-order valence-electron chi connectivity index (χ3n) is 5.43. The quantitative estimate of drug-likeness (QED) is 0.322. The van der Waals surface area contributed by atoms with E-state index in [1.165, 1.54) is 11.1 Å². The van der Waals surface area contributed by atoms with Crippen LogP contribution in [-0.4, -0.2) is 12.2 Å². The molecule has 0 aliphatic heterocycles. The molecule has 0 radical (unpaired) electrons. The third kappa shape index (κ3) is 5.23. The lowest BCUT2D eigenvalue weighted by Gasteiger charge is -2.05. The summed E-state index contributed by atoms with van der Waals surface area (Å²) in [6.45, 7) is 0.0452. The Bertz CT molecular complexity index is 1120. The van der Waals surface area contributed by atoms with Crippen LogP contribution in [0.2, 0.25) is 0 Å². The molecule has 2 nitrogen and oxygen atoms in total. The number of aliphatic hydroxyl groups excluding tert-OH is 1. The molecule has 0 heterocycles. The topological polar surface area (TPSA) is 29.5 Å². The van der Waals surface area contributed by atoms with Gasteiger partial charge in [0.25, 0.3) is 0 Å². The smallest absolute Gasteiger partial charge is 0.126 e. The minimum absolute atomic E-state index is 0.0452. The second kappa shape index (κ2) is 10.4. The first-order valence-electron chi connectivity index (χ1n) is 10.7. The highest BCUT2D eigenvalue weighted by Crippen LogP contribution is 2.23. The standard InChI is InChI=1S/C30H26O2/c1-32-30-9-5-4-7-28(30)21-15-24-13-19-27(20-14-24)26-17-11-23(12-18-26)10-16-25-6-2-3-8-29(25)22-31/h2-21,31H,22H2,1H3. The zero-order chi connectivity index (χ0) is 22.2. The first-order chi connectivity index (χ1) is 15.8. The average molecular weight is 419 g/mol. The first kappa shape index (κ1) is 21.4. The highest BCUT2D eigenvalue weighted by Gasteiger charge is 2.00. The van der Waals surface area contributed by atoms with Crippen LogP contribution in [0.25, 0.3) is 35.4 Å². The molecule has 32 heavy (non-hydrogen) atoms. The normalized spacial score (nSPS) is 11.3. The van der Waals surface area contributed by atoms with Gasteiger partial charge in [-0.1, -0.05) is 115 Å². The number of methoxy groups -OCH3 is 1. The van der Waals surface area contributed by atoms with E-state index in [2.05, 4.69) is 66.8 Å². The Kier molecular flexibility index (Phi) is 6.96. The Hall–Kier alpha value is -3.88. The summed E-state index contributed by atoms with van der Waals surface area (Å²) in [6.07, 6.45) is 8.29. The fourth-order valence-electron chi connectivity index (χ4n) is 3.59. The summed E-state index contributed by atoms with van der Waals surface area (Å²) in [6, 6.07) is 32.9. The van der Waals surface area contributed by atoms with Crippen LogP contribution in [0.5, 0.6) is 5.75 Å². The van der Waals surface area contributed by atoms with Gasteiger partial charge in [0.2, 0.25) is 0 Å². The summed E-state index contributed by atoms with van der Waals surface area (Å²) < 4.78 is 5.41. The predicted molar refractivity (Wildman–Crippen MR) is 135 cm³/mol. The van der Waals surface area contributed by atoms with Gasteiger partial charge in [0.15, 0.2) is 0 Å². The maximum atomic E-state index is 9.47. The molecule has 0 aliphatic rings. The summed E-state index contributed by atoms with van der Waals surface area (Å²) in [5.41, 5.74) is 7.65. The van der Waals surface area contributed by atoms with Crippen molar-refractivity contribution in [2.75, 3.05) is 7.11 Å². The highest BCUT2D eigenvalue weighted by molar-refractivity contribution is 5.75. The van der Waals surface area contributed by atoms with Crippen LogP contribution in [0.1, 0.15) is 27.8 Å². The van der Waals surface area contributed by atoms with Gasteiger partial charge in [-0.25, -0.2) is 0 Å². The van der Waals surface area contributed by atoms with E-state index in [4.69, 9.17) is 4.74 Å². The van der Waals surface area contributed by atoms with E-state index in [1.807, 2.05) is 54.6 Å². The Morgan fingerprint density at radius 1 is 0.594 bits per heavy atom. The predicted octanol–water partition coefficient (Wildman–Crippen LogP) is 7.20. The molecule has 0 aliphatic carbocycles. The molecule has 0 saturated heterocycles. The van der Waals surface area contributed by atoms with Crippen LogP contribution in [0.3, 0.4) is 0 Å². The summed E-state index contributed by atoms with van der Waals surface area (Å²) in [5, 5.41) is 9.47. The number of hydrogen-bond donors (Lipinski definition) is 1. The van der Waals surface area contributed by atoms with Crippen molar-refractivity contribution in [2.24, 2.45) is 0 Å². The molecular weight excluding hydrogens is 392 g/mol. The first-order valence-corrected chi connectivity index (χ1v) is 10.7. The van der Waals surface area contributed by atoms with E-state index >= 15 is 0 Å². The summed E-state index contributed by atoms with van der Waals surface area (Å²) >= 11 is 0. The largest absolute Gasteiger partial charge is 0.496 e. The molecule has 0 amide bonds. The monoisotopic (exact) mass is 418 g/mol. The number of benzene rings is 4. The maximum Gasteiger partial charge on any atom is 0.126 e. The minimum atomic E-state index is 0.0452. The third-order valence-corrected chi connectivity index (χ3v) is 5.43. The molecule has 2 heteroatoms. The Labute approximate surface area is 189 Å². The van der Waals surface area contributed by atoms with Crippen LogP contribution in [-0.2, 0) is 6.61 Å². The van der Waals surface area contributed by atoms with Crippen molar-refractivity contribution in [1.82, 2.24) is 0 Å². The maximum absolute atomic E-state index is 9.47. The zero-order valence-corrected chi connectivity index (χ0v) is 18.1. The van der Waals surface area contributed by atoms with Crippen molar-refractivity contribution in [3.63, 3.8) is 0 Å². The lowest BCUT2D eigenvalue weighted by atomic mass is 10.0. The number of hydrogen-bond acceptors (Lipinski definition) is 2. The van der Waals surface area contributed by atoms with Gasteiger partial charge in [-0.05, 0) is 39.4 Å². The van der Waals surface area contributed by atoms with Gasteiger partial charge in [0, 0.05) is 5.56 Å². The second-order valence-corrected chi connectivity index (χ2v) is 7.51. The molecule has 0 unspecified atom stereocenters. The number of rotatable bonds is 7. The van der Waals surface area contributed by atoms with Crippen LogP contribution >= 0.6 is 0 Å². The SMILES string of the molecule is COc1ccccc1C=Cc1ccc(-c2ccc(C=Cc3ccccc3CO)cc2)cc1. The number of aliphatic hydroxyl groups is 1.